The van der Waals surface area contributed by atoms with E-state index in [2.05, 4.69) is 9.97 Å². The first-order chi connectivity index (χ1) is 7.59. The molecule has 0 aromatic carbocycles. The summed E-state index contributed by atoms with van der Waals surface area (Å²) >= 11 is 0. The van der Waals surface area contributed by atoms with Gasteiger partial charge in [0.15, 0.2) is 0 Å². The first kappa shape index (κ1) is 11.1. The van der Waals surface area contributed by atoms with Gasteiger partial charge in [-0.2, -0.15) is 0 Å². The van der Waals surface area contributed by atoms with E-state index in [1.54, 1.807) is 24.3 Å². The highest BCUT2D eigenvalue weighted by molar-refractivity contribution is 5.77. The van der Waals surface area contributed by atoms with Crippen molar-refractivity contribution in [3.05, 3.63) is 18.2 Å². The number of hydrogen-bond donors (Lipinski definition) is 2. The molecule has 0 atom stereocenters. The molecule has 0 spiro atoms. The number of aromatic nitrogens is 2. The molecule has 5 nitrogen and oxygen atoms in total. The van der Waals surface area contributed by atoms with Gasteiger partial charge in [0.25, 0.3) is 0 Å². The van der Waals surface area contributed by atoms with E-state index in [9.17, 15) is 4.79 Å². The number of nitrogens with two attached hydrogens (primary N) is 1. The van der Waals surface area contributed by atoms with Gasteiger partial charge in [0.1, 0.15) is 5.82 Å². The number of aromatic amines is 1. The van der Waals surface area contributed by atoms with E-state index in [1.807, 2.05) is 0 Å². The molecule has 1 fully saturated rings. The van der Waals surface area contributed by atoms with Crippen LogP contribution in [0.5, 0.6) is 0 Å². The van der Waals surface area contributed by atoms with Gasteiger partial charge in [0.05, 0.1) is 6.54 Å². The third-order valence-corrected chi connectivity index (χ3v) is 3.22. The predicted molar refractivity (Wildman–Crippen MR) is 60.4 cm³/mol. The van der Waals surface area contributed by atoms with Crippen LogP contribution in [0.1, 0.15) is 31.5 Å². The molecule has 2 rings (SSSR count). The van der Waals surface area contributed by atoms with Crippen molar-refractivity contribution in [2.75, 3.05) is 7.05 Å². The zero-order valence-electron chi connectivity index (χ0n) is 9.57. The highest BCUT2D eigenvalue weighted by Gasteiger charge is 2.35. The summed E-state index contributed by atoms with van der Waals surface area (Å²) in [6.45, 7) is 0.516. The van der Waals surface area contributed by atoms with Gasteiger partial charge in [-0.05, 0) is 19.3 Å². The Hall–Kier alpha value is -1.36. The number of nitrogens with one attached hydrogen (secondary N) is 1. The Balaban J connectivity index is 1.84. The minimum atomic E-state index is -0.242. The summed E-state index contributed by atoms with van der Waals surface area (Å²) in [5, 5.41) is 0. The number of carbonyl (C=O) groups excluding carboxylic acids is 1. The van der Waals surface area contributed by atoms with Crippen molar-refractivity contribution in [3.8, 4) is 0 Å². The van der Waals surface area contributed by atoms with E-state index in [0.717, 1.165) is 25.1 Å². The van der Waals surface area contributed by atoms with Gasteiger partial charge in [-0.1, -0.05) is 0 Å². The first-order valence-corrected chi connectivity index (χ1v) is 5.60. The third-order valence-electron chi connectivity index (χ3n) is 3.22. The topological polar surface area (TPSA) is 75.0 Å². The Labute approximate surface area is 95.0 Å². The zero-order valence-corrected chi connectivity index (χ0v) is 9.57. The maximum atomic E-state index is 11.9. The van der Waals surface area contributed by atoms with E-state index in [1.165, 1.54) is 0 Å². The Bertz CT molecular complexity index is 356. The summed E-state index contributed by atoms with van der Waals surface area (Å²) in [4.78, 5) is 20.6. The number of carbonyl (C=O) groups is 1. The summed E-state index contributed by atoms with van der Waals surface area (Å²) in [5.74, 6) is 0.897. The fourth-order valence-corrected chi connectivity index (χ4v) is 1.94. The predicted octanol–water partition coefficient (Wildman–Crippen LogP) is 0.640. The van der Waals surface area contributed by atoms with Crippen LogP contribution in [0.4, 0.5) is 0 Å². The molecule has 0 aliphatic heterocycles. The van der Waals surface area contributed by atoms with Gasteiger partial charge in [-0.15, -0.1) is 0 Å². The van der Waals surface area contributed by atoms with Crippen molar-refractivity contribution in [3.63, 3.8) is 0 Å². The number of nitrogens with zero attached hydrogens (tertiary/aromatic N) is 2. The molecule has 1 aliphatic rings. The number of imidazole rings is 1. The molecule has 1 aromatic rings. The average molecular weight is 222 g/mol. The van der Waals surface area contributed by atoms with E-state index in [4.69, 9.17) is 5.73 Å². The quantitative estimate of drug-likeness (QED) is 0.785. The largest absolute Gasteiger partial charge is 0.347 e. The van der Waals surface area contributed by atoms with Crippen LogP contribution in [-0.2, 0) is 11.3 Å². The van der Waals surface area contributed by atoms with Gasteiger partial charge in [-0.25, -0.2) is 4.98 Å². The van der Waals surface area contributed by atoms with Crippen molar-refractivity contribution in [1.82, 2.24) is 14.9 Å². The Kier molecular flexibility index (Phi) is 2.96. The summed E-state index contributed by atoms with van der Waals surface area (Å²) < 4.78 is 0. The highest BCUT2D eigenvalue weighted by atomic mass is 16.2. The van der Waals surface area contributed by atoms with E-state index in [-0.39, 0.29) is 11.4 Å². The second kappa shape index (κ2) is 4.25. The van der Waals surface area contributed by atoms with E-state index >= 15 is 0 Å². The molecular weight excluding hydrogens is 204 g/mol. The maximum Gasteiger partial charge on any atom is 0.224 e. The van der Waals surface area contributed by atoms with Gasteiger partial charge < -0.3 is 15.6 Å². The van der Waals surface area contributed by atoms with Crippen molar-refractivity contribution in [1.29, 1.82) is 0 Å². The molecule has 1 amide bonds. The second-order valence-corrected chi connectivity index (χ2v) is 4.68. The van der Waals surface area contributed by atoms with Crippen LogP contribution in [0.15, 0.2) is 12.4 Å². The minimum Gasteiger partial charge on any atom is -0.347 e. The van der Waals surface area contributed by atoms with E-state index in [0.29, 0.717) is 13.0 Å². The molecule has 1 aliphatic carbocycles. The Morgan fingerprint density at radius 2 is 2.44 bits per heavy atom. The lowest BCUT2D eigenvalue weighted by Crippen LogP contribution is -2.50. The monoisotopic (exact) mass is 222 g/mol. The van der Waals surface area contributed by atoms with Crippen molar-refractivity contribution < 1.29 is 4.79 Å². The minimum absolute atomic E-state index is 0.0959. The molecule has 0 bridgehead atoms. The molecule has 16 heavy (non-hydrogen) atoms. The molecule has 0 saturated heterocycles. The van der Waals surface area contributed by atoms with Crippen LogP contribution in [0.25, 0.3) is 0 Å². The second-order valence-electron chi connectivity index (χ2n) is 4.68. The number of hydrogen-bond acceptors (Lipinski definition) is 3. The fourth-order valence-electron chi connectivity index (χ4n) is 1.94. The average Bonchev–Trinajstić information content (AvgIpc) is 2.68. The molecule has 0 unspecified atom stereocenters. The lowest BCUT2D eigenvalue weighted by molar-refractivity contribution is -0.132. The van der Waals surface area contributed by atoms with Gasteiger partial charge >= 0.3 is 0 Å². The smallest absolute Gasteiger partial charge is 0.224 e. The van der Waals surface area contributed by atoms with Gasteiger partial charge in [0.2, 0.25) is 5.91 Å². The van der Waals surface area contributed by atoms with Gasteiger partial charge in [0, 0.05) is 31.4 Å². The van der Waals surface area contributed by atoms with Crippen LogP contribution in [-0.4, -0.2) is 33.4 Å². The molecule has 3 N–H and O–H groups in total. The molecule has 5 heteroatoms. The summed E-state index contributed by atoms with van der Waals surface area (Å²) in [6.07, 6.45) is 6.96. The van der Waals surface area contributed by atoms with Crippen molar-refractivity contribution in [2.45, 2.75) is 37.8 Å². The van der Waals surface area contributed by atoms with Crippen molar-refractivity contribution >= 4 is 5.91 Å². The number of amides is 1. The fraction of sp³-hybridized carbons (Fsp3) is 0.636. The Morgan fingerprint density at radius 1 is 1.69 bits per heavy atom. The number of rotatable bonds is 4. The standard InChI is InChI=1S/C11H18N4O/c1-15(8-9-13-5-6-14-9)10(16)7-11(12)3-2-4-11/h5-6H,2-4,7-8,12H2,1H3,(H,13,14). The molecule has 88 valence electrons. The summed E-state index contributed by atoms with van der Waals surface area (Å²) in [6, 6.07) is 0. The van der Waals surface area contributed by atoms with Crippen molar-refractivity contribution in [2.24, 2.45) is 5.73 Å². The zero-order chi connectivity index (χ0) is 11.6. The lowest BCUT2D eigenvalue weighted by Gasteiger charge is -2.38. The van der Waals surface area contributed by atoms with Crippen LogP contribution in [0.3, 0.4) is 0 Å². The van der Waals surface area contributed by atoms with E-state index < -0.39 is 0 Å². The molecule has 0 radical (unpaired) electrons. The summed E-state index contributed by atoms with van der Waals surface area (Å²) in [5.41, 5.74) is 5.80. The SMILES string of the molecule is CN(Cc1ncc[nH]1)C(=O)CC1(N)CCC1. The van der Waals surface area contributed by atoms with Gasteiger partial charge in [-0.3, -0.25) is 4.79 Å². The molecular formula is C11H18N4O. The highest BCUT2D eigenvalue weighted by Crippen LogP contribution is 2.32. The van der Waals surface area contributed by atoms with Crippen LogP contribution >= 0.6 is 0 Å². The summed E-state index contributed by atoms with van der Waals surface area (Å²) in [7, 11) is 1.78. The first-order valence-electron chi connectivity index (χ1n) is 5.60. The van der Waals surface area contributed by atoms with Crippen LogP contribution in [0, 0.1) is 0 Å². The lowest BCUT2D eigenvalue weighted by atomic mass is 9.75. The third kappa shape index (κ3) is 2.41. The van der Waals surface area contributed by atoms with Crippen LogP contribution < -0.4 is 5.73 Å². The molecule has 1 aromatic heterocycles. The molecule has 1 saturated carbocycles. The van der Waals surface area contributed by atoms with Crippen LogP contribution in [0.2, 0.25) is 0 Å². The Morgan fingerprint density at radius 3 is 2.94 bits per heavy atom. The normalized spacial score (nSPS) is 17.9. The maximum absolute atomic E-state index is 11.9. The molecule has 1 heterocycles. The number of H-pyrrole nitrogens is 1.